The van der Waals surface area contributed by atoms with Gasteiger partial charge in [0.1, 0.15) is 5.75 Å². The second-order valence-corrected chi connectivity index (χ2v) is 5.05. The number of hydrogen-bond acceptors (Lipinski definition) is 3. The highest BCUT2D eigenvalue weighted by Crippen LogP contribution is 2.17. The van der Waals surface area contributed by atoms with E-state index >= 15 is 0 Å². The summed E-state index contributed by atoms with van der Waals surface area (Å²) < 4.78 is 7.64. The van der Waals surface area contributed by atoms with Crippen LogP contribution >= 0.6 is 0 Å². The fourth-order valence-corrected chi connectivity index (χ4v) is 2.53. The van der Waals surface area contributed by atoms with Gasteiger partial charge in [0.15, 0.2) is 6.61 Å². The highest BCUT2D eigenvalue weighted by atomic mass is 16.5. The van der Waals surface area contributed by atoms with Crippen LogP contribution in [0.2, 0.25) is 0 Å². The second kappa shape index (κ2) is 6.59. The molecule has 0 saturated heterocycles. The summed E-state index contributed by atoms with van der Waals surface area (Å²) in [4.78, 5) is 12.3. The van der Waals surface area contributed by atoms with Gasteiger partial charge in [-0.2, -0.15) is 0 Å². The van der Waals surface area contributed by atoms with Crippen LogP contribution in [0.1, 0.15) is 34.2 Å². The lowest BCUT2D eigenvalue weighted by Gasteiger charge is -2.08. The molecule has 2 rings (SSSR count). The Labute approximate surface area is 125 Å². The summed E-state index contributed by atoms with van der Waals surface area (Å²) in [6.07, 6.45) is 0. The van der Waals surface area contributed by atoms with Gasteiger partial charge in [-0.15, -0.1) is 0 Å². The smallest absolute Gasteiger partial charge is 0.202 e. The second-order valence-electron chi connectivity index (χ2n) is 5.05. The Balaban J connectivity index is 2.08. The van der Waals surface area contributed by atoms with Crippen LogP contribution in [0.5, 0.6) is 5.75 Å². The lowest BCUT2D eigenvalue weighted by atomic mass is 10.1. The van der Waals surface area contributed by atoms with Crippen LogP contribution in [0.25, 0.3) is 0 Å². The van der Waals surface area contributed by atoms with Crippen molar-refractivity contribution in [2.24, 2.45) is 0 Å². The van der Waals surface area contributed by atoms with E-state index in [4.69, 9.17) is 9.84 Å². The van der Waals surface area contributed by atoms with Crippen molar-refractivity contribution in [3.63, 3.8) is 0 Å². The molecule has 1 N–H and O–H groups in total. The van der Waals surface area contributed by atoms with Crippen LogP contribution in [-0.4, -0.2) is 22.1 Å². The lowest BCUT2D eigenvalue weighted by Crippen LogP contribution is -2.13. The minimum absolute atomic E-state index is 0.00287. The maximum atomic E-state index is 12.3. The fourth-order valence-electron chi connectivity index (χ4n) is 2.53. The molecule has 0 unspecified atom stereocenters. The van der Waals surface area contributed by atoms with Crippen molar-refractivity contribution in [3.05, 3.63) is 52.8 Å². The molecule has 0 spiro atoms. The first-order chi connectivity index (χ1) is 10.1. The standard InChI is InChI=1S/C17H21NO3/c1-4-18-12(2)8-16(13(18)3)17(20)11-21-15-7-5-6-14(9-15)10-19/h5-9,19H,4,10-11H2,1-3H3. The van der Waals surface area contributed by atoms with Crippen LogP contribution in [0, 0.1) is 13.8 Å². The Morgan fingerprint density at radius 1 is 1.29 bits per heavy atom. The van der Waals surface area contributed by atoms with E-state index in [0.29, 0.717) is 11.3 Å². The first-order valence-corrected chi connectivity index (χ1v) is 7.09. The van der Waals surface area contributed by atoms with Crippen LogP contribution in [-0.2, 0) is 13.2 Å². The third-order valence-corrected chi connectivity index (χ3v) is 3.64. The maximum Gasteiger partial charge on any atom is 0.202 e. The Bertz CT molecular complexity index is 643. The minimum atomic E-state index is -0.0389. The highest BCUT2D eigenvalue weighted by Gasteiger charge is 2.15. The number of carbonyl (C=O) groups is 1. The van der Waals surface area contributed by atoms with Crippen molar-refractivity contribution in [2.75, 3.05) is 6.61 Å². The molecule has 1 aromatic carbocycles. The third-order valence-electron chi connectivity index (χ3n) is 3.64. The molecule has 0 amide bonds. The molecule has 0 atom stereocenters. The van der Waals surface area contributed by atoms with Crippen LogP contribution < -0.4 is 4.74 Å². The first-order valence-electron chi connectivity index (χ1n) is 7.09. The molecule has 0 fully saturated rings. The van der Waals surface area contributed by atoms with Gasteiger partial charge in [-0.1, -0.05) is 12.1 Å². The van der Waals surface area contributed by atoms with Crippen LogP contribution in [0.4, 0.5) is 0 Å². The van der Waals surface area contributed by atoms with Gasteiger partial charge < -0.3 is 14.4 Å². The SMILES string of the molecule is CCn1c(C)cc(C(=O)COc2cccc(CO)c2)c1C. The van der Waals surface area contributed by atoms with Crippen molar-refractivity contribution in [3.8, 4) is 5.75 Å². The number of hydrogen-bond donors (Lipinski definition) is 1. The number of nitrogens with zero attached hydrogens (tertiary/aromatic N) is 1. The molecule has 4 heteroatoms. The number of ketones is 1. The zero-order valence-electron chi connectivity index (χ0n) is 12.7. The normalized spacial score (nSPS) is 10.7. The molecule has 0 aliphatic carbocycles. The number of aliphatic hydroxyl groups excluding tert-OH is 1. The van der Waals surface area contributed by atoms with E-state index < -0.39 is 0 Å². The number of Topliss-reactive ketones (excluding diaryl/α,β-unsaturated/α-hetero) is 1. The quantitative estimate of drug-likeness (QED) is 0.831. The Morgan fingerprint density at radius 2 is 2.05 bits per heavy atom. The molecular formula is C17H21NO3. The number of ether oxygens (including phenoxy) is 1. The summed E-state index contributed by atoms with van der Waals surface area (Å²) in [6, 6.07) is 9.04. The highest BCUT2D eigenvalue weighted by molar-refractivity contribution is 5.98. The van der Waals surface area contributed by atoms with Crippen molar-refractivity contribution in [1.82, 2.24) is 4.57 Å². The summed E-state index contributed by atoms with van der Waals surface area (Å²) in [5.41, 5.74) is 3.55. The summed E-state index contributed by atoms with van der Waals surface area (Å²) >= 11 is 0. The largest absolute Gasteiger partial charge is 0.485 e. The molecule has 112 valence electrons. The summed E-state index contributed by atoms with van der Waals surface area (Å²) in [7, 11) is 0. The number of aryl methyl sites for hydroxylation is 1. The van der Waals surface area contributed by atoms with E-state index in [-0.39, 0.29) is 19.0 Å². The van der Waals surface area contributed by atoms with Gasteiger partial charge in [0, 0.05) is 23.5 Å². The zero-order chi connectivity index (χ0) is 15.4. The maximum absolute atomic E-state index is 12.3. The molecule has 21 heavy (non-hydrogen) atoms. The minimum Gasteiger partial charge on any atom is -0.485 e. The average Bonchev–Trinajstić information content (AvgIpc) is 2.79. The third kappa shape index (κ3) is 3.34. The van der Waals surface area contributed by atoms with Crippen molar-refractivity contribution in [1.29, 1.82) is 0 Å². The van der Waals surface area contributed by atoms with E-state index in [0.717, 1.165) is 23.5 Å². The Kier molecular flexibility index (Phi) is 4.81. The predicted molar refractivity (Wildman–Crippen MR) is 81.8 cm³/mol. The number of carbonyl (C=O) groups excluding carboxylic acids is 1. The summed E-state index contributed by atoms with van der Waals surface area (Å²) in [5.74, 6) is 0.566. The average molecular weight is 287 g/mol. The van der Waals surface area contributed by atoms with Crippen LogP contribution in [0.3, 0.4) is 0 Å². The molecule has 0 aliphatic heterocycles. The van der Waals surface area contributed by atoms with Gasteiger partial charge in [-0.05, 0) is 44.5 Å². The monoisotopic (exact) mass is 287 g/mol. The van der Waals surface area contributed by atoms with Crippen molar-refractivity contribution >= 4 is 5.78 Å². The van der Waals surface area contributed by atoms with Gasteiger partial charge in [0.05, 0.1) is 6.61 Å². The van der Waals surface area contributed by atoms with E-state index in [1.807, 2.05) is 26.0 Å². The van der Waals surface area contributed by atoms with Gasteiger partial charge >= 0.3 is 0 Å². The number of rotatable bonds is 6. The molecule has 1 heterocycles. The van der Waals surface area contributed by atoms with Crippen LogP contribution in [0.15, 0.2) is 30.3 Å². The van der Waals surface area contributed by atoms with E-state index in [9.17, 15) is 4.79 Å². The van der Waals surface area contributed by atoms with Crippen molar-refractivity contribution < 1.29 is 14.6 Å². The van der Waals surface area contributed by atoms with Gasteiger partial charge in [0.2, 0.25) is 5.78 Å². The topological polar surface area (TPSA) is 51.5 Å². The number of benzene rings is 1. The molecule has 0 aliphatic rings. The van der Waals surface area contributed by atoms with Gasteiger partial charge in [-0.25, -0.2) is 0 Å². The molecule has 0 radical (unpaired) electrons. The Morgan fingerprint density at radius 3 is 2.67 bits per heavy atom. The van der Waals surface area contributed by atoms with Gasteiger partial charge in [-0.3, -0.25) is 4.79 Å². The number of aromatic nitrogens is 1. The molecule has 2 aromatic rings. The van der Waals surface area contributed by atoms with E-state index in [1.54, 1.807) is 18.2 Å². The number of aliphatic hydroxyl groups is 1. The Hall–Kier alpha value is -2.07. The summed E-state index contributed by atoms with van der Waals surface area (Å²) in [6.45, 7) is 6.83. The molecule has 1 aromatic heterocycles. The predicted octanol–water partition coefficient (Wildman–Crippen LogP) is 2.88. The van der Waals surface area contributed by atoms with Crippen molar-refractivity contribution in [2.45, 2.75) is 33.9 Å². The van der Waals surface area contributed by atoms with E-state index in [1.165, 1.54) is 0 Å². The zero-order valence-corrected chi connectivity index (χ0v) is 12.7. The fraction of sp³-hybridized carbons (Fsp3) is 0.353. The molecule has 4 nitrogen and oxygen atoms in total. The molecular weight excluding hydrogens is 266 g/mol. The summed E-state index contributed by atoms with van der Waals surface area (Å²) in [5, 5.41) is 9.09. The molecule has 0 bridgehead atoms. The lowest BCUT2D eigenvalue weighted by molar-refractivity contribution is 0.0920. The first kappa shape index (κ1) is 15.3. The van der Waals surface area contributed by atoms with E-state index in [2.05, 4.69) is 11.5 Å². The molecule has 0 saturated carbocycles. The van der Waals surface area contributed by atoms with Gasteiger partial charge in [0.25, 0.3) is 0 Å².